The van der Waals surface area contributed by atoms with Crippen LogP contribution in [0.15, 0.2) is 16.9 Å². The van der Waals surface area contributed by atoms with Gasteiger partial charge < -0.3 is 19.3 Å². The van der Waals surface area contributed by atoms with Gasteiger partial charge in [0.1, 0.15) is 12.9 Å². The predicted molar refractivity (Wildman–Crippen MR) is 55.7 cm³/mol. The minimum atomic E-state index is -0.334. The number of nitrogens with one attached hydrogen (secondary N) is 1. The molecule has 16 heavy (non-hydrogen) atoms. The van der Waals surface area contributed by atoms with Crippen molar-refractivity contribution in [1.29, 1.82) is 0 Å². The zero-order valence-electron chi connectivity index (χ0n) is 9.27. The zero-order valence-corrected chi connectivity index (χ0v) is 9.27. The van der Waals surface area contributed by atoms with Gasteiger partial charge in [-0.15, -0.1) is 0 Å². The molecule has 0 unspecified atom stereocenters. The average molecular weight is 228 g/mol. The van der Waals surface area contributed by atoms with Crippen LogP contribution in [0.1, 0.15) is 12.6 Å². The minimum absolute atomic E-state index is 0.000516. The van der Waals surface area contributed by atoms with E-state index in [0.717, 1.165) is 5.69 Å². The summed E-state index contributed by atoms with van der Waals surface area (Å²) < 4.78 is 14.5. The van der Waals surface area contributed by atoms with E-state index in [1.165, 1.54) is 6.26 Å². The van der Waals surface area contributed by atoms with E-state index in [0.29, 0.717) is 26.3 Å². The summed E-state index contributed by atoms with van der Waals surface area (Å²) >= 11 is 0. The number of hydrogen-bond donors (Lipinski definition) is 1. The van der Waals surface area contributed by atoms with Crippen LogP contribution in [0.2, 0.25) is 0 Å². The van der Waals surface area contributed by atoms with Crippen molar-refractivity contribution < 1.29 is 18.8 Å². The number of carbonyl (C=O) groups excluding carboxylic acids is 1. The molecule has 1 rings (SSSR count). The highest BCUT2D eigenvalue weighted by molar-refractivity contribution is 5.70. The highest BCUT2D eigenvalue weighted by atomic mass is 16.6. The summed E-state index contributed by atoms with van der Waals surface area (Å²) in [6.07, 6.45) is 1.52. The van der Waals surface area contributed by atoms with Crippen LogP contribution < -0.4 is 5.32 Å². The van der Waals surface area contributed by atoms with E-state index in [1.54, 1.807) is 13.0 Å². The molecule has 0 aliphatic rings. The maximum absolute atomic E-state index is 10.9. The SMILES string of the molecule is CCOC(=O)COCCNCc1ccon1. The molecule has 6 nitrogen and oxygen atoms in total. The maximum Gasteiger partial charge on any atom is 0.332 e. The molecule has 0 saturated heterocycles. The van der Waals surface area contributed by atoms with Crippen molar-refractivity contribution in [3.63, 3.8) is 0 Å². The summed E-state index contributed by atoms with van der Waals surface area (Å²) in [5.41, 5.74) is 0.838. The van der Waals surface area contributed by atoms with Crippen molar-refractivity contribution >= 4 is 5.97 Å². The summed E-state index contributed by atoms with van der Waals surface area (Å²) in [7, 11) is 0. The summed E-state index contributed by atoms with van der Waals surface area (Å²) in [5.74, 6) is -0.334. The van der Waals surface area contributed by atoms with Crippen LogP contribution >= 0.6 is 0 Å². The Bertz CT molecular complexity index is 287. The van der Waals surface area contributed by atoms with E-state index in [4.69, 9.17) is 9.47 Å². The van der Waals surface area contributed by atoms with E-state index < -0.39 is 0 Å². The molecule has 0 saturated carbocycles. The molecule has 0 amide bonds. The zero-order chi connectivity index (χ0) is 11.6. The highest BCUT2D eigenvalue weighted by Gasteiger charge is 2.00. The van der Waals surface area contributed by atoms with Gasteiger partial charge in [-0.1, -0.05) is 5.16 Å². The lowest BCUT2D eigenvalue weighted by atomic mass is 10.4. The summed E-state index contributed by atoms with van der Waals surface area (Å²) in [6.45, 7) is 3.87. The fourth-order valence-electron chi connectivity index (χ4n) is 1.05. The first-order valence-corrected chi connectivity index (χ1v) is 5.16. The van der Waals surface area contributed by atoms with Crippen molar-refractivity contribution in [2.75, 3.05) is 26.4 Å². The van der Waals surface area contributed by atoms with Gasteiger partial charge in [-0.25, -0.2) is 4.79 Å². The van der Waals surface area contributed by atoms with Crippen molar-refractivity contribution in [2.24, 2.45) is 0 Å². The van der Waals surface area contributed by atoms with Crippen LogP contribution in [-0.4, -0.2) is 37.5 Å². The molecule has 0 radical (unpaired) electrons. The lowest BCUT2D eigenvalue weighted by Crippen LogP contribution is -2.21. The Morgan fingerprint density at radius 1 is 1.62 bits per heavy atom. The monoisotopic (exact) mass is 228 g/mol. The van der Waals surface area contributed by atoms with Gasteiger partial charge in [0.2, 0.25) is 0 Å². The number of esters is 1. The van der Waals surface area contributed by atoms with Crippen molar-refractivity contribution in [2.45, 2.75) is 13.5 Å². The molecule has 1 aromatic heterocycles. The Balaban J connectivity index is 1.90. The normalized spacial score (nSPS) is 10.3. The van der Waals surface area contributed by atoms with Crippen LogP contribution in [-0.2, 0) is 20.8 Å². The van der Waals surface area contributed by atoms with Crippen LogP contribution in [0.3, 0.4) is 0 Å². The molecule has 0 spiro atoms. The van der Waals surface area contributed by atoms with Gasteiger partial charge in [0.25, 0.3) is 0 Å². The second-order valence-corrected chi connectivity index (χ2v) is 3.03. The molecule has 0 aromatic carbocycles. The first kappa shape index (κ1) is 12.7. The van der Waals surface area contributed by atoms with Crippen molar-refractivity contribution in [3.8, 4) is 0 Å². The molecule has 0 bridgehead atoms. The van der Waals surface area contributed by atoms with Crippen molar-refractivity contribution in [3.05, 3.63) is 18.0 Å². The molecule has 0 fully saturated rings. The Morgan fingerprint density at radius 2 is 2.50 bits per heavy atom. The number of aromatic nitrogens is 1. The fraction of sp³-hybridized carbons (Fsp3) is 0.600. The van der Waals surface area contributed by atoms with Crippen molar-refractivity contribution in [1.82, 2.24) is 10.5 Å². The molecule has 1 N–H and O–H groups in total. The van der Waals surface area contributed by atoms with Gasteiger partial charge in [-0.05, 0) is 6.92 Å². The molecule has 0 aliphatic heterocycles. The van der Waals surface area contributed by atoms with Gasteiger partial charge in [0.05, 0.1) is 18.9 Å². The Labute approximate surface area is 93.9 Å². The predicted octanol–water partition coefficient (Wildman–Crippen LogP) is 0.344. The van der Waals surface area contributed by atoms with E-state index in [-0.39, 0.29) is 12.6 Å². The third-order valence-electron chi connectivity index (χ3n) is 1.75. The van der Waals surface area contributed by atoms with Gasteiger partial charge >= 0.3 is 5.97 Å². The highest BCUT2D eigenvalue weighted by Crippen LogP contribution is 1.92. The number of hydrogen-bond acceptors (Lipinski definition) is 6. The minimum Gasteiger partial charge on any atom is -0.464 e. The summed E-state index contributed by atoms with van der Waals surface area (Å²) in [4.78, 5) is 10.9. The van der Waals surface area contributed by atoms with Crippen LogP contribution in [0.5, 0.6) is 0 Å². The van der Waals surface area contributed by atoms with E-state index in [9.17, 15) is 4.79 Å². The standard InChI is InChI=1S/C10H16N2O4/c1-2-15-10(13)8-14-6-4-11-7-9-3-5-16-12-9/h3,5,11H,2,4,6-8H2,1H3. The third-order valence-corrected chi connectivity index (χ3v) is 1.75. The topological polar surface area (TPSA) is 73.6 Å². The van der Waals surface area contributed by atoms with Crippen LogP contribution in [0.25, 0.3) is 0 Å². The van der Waals surface area contributed by atoms with E-state index >= 15 is 0 Å². The van der Waals surface area contributed by atoms with Gasteiger partial charge in [-0.2, -0.15) is 0 Å². The molecule has 6 heteroatoms. The first-order chi connectivity index (χ1) is 7.83. The largest absolute Gasteiger partial charge is 0.464 e. The lowest BCUT2D eigenvalue weighted by molar-refractivity contribution is -0.148. The van der Waals surface area contributed by atoms with Gasteiger partial charge in [0, 0.05) is 19.2 Å². The van der Waals surface area contributed by atoms with Gasteiger partial charge in [-0.3, -0.25) is 0 Å². The number of carbonyl (C=O) groups is 1. The summed E-state index contributed by atoms with van der Waals surface area (Å²) in [5, 5.41) is 6.83. The Hall–Kier alpha value is -1.40. The van der Waals surface area contributed by atoms with E-state index in [1.807, 2.05) is 0 Å². The first-order valence-electron chi connectivity index (χ1n) is 5.16. The molecule has 90 valence electrons. The molecule has 0 aliphatic carbocycles. The second-order valence-electron chi connectivity index (χ2n) is 3.03. The number of ether oxygens (including phenoxy) is 2. The average Bonchev–Trinajstić information content (AvgIpc) is 2.76. The molecular formula is C10H16N2O4. The quantitative estimate of drug-likeness (QED) is 0.511. The summed E-state index contributed by atoms with van der Waals surface area (Å²) in [6, 6.07) is 1.78. The van der Waals surface area contributed by atoms with Crippen LogP contribution in [0, 0.1) is 0 Å². The smallest absolute Gasteiger partial charge is 0.332 e. The second kappa shape index (κ2) is 7.84. The molecular weight excluding hydrogens is 212 g/mol. The number of nitrogens with zero attached hydrogens (tertiary/aromatic N) is 1. The van der Waals surface area contributed by atoms with Gasteiger partial charge in [0.15, 0.2) is 0 Å². The Kier molecular flexibility index (Phi) is 6.20. The van der Waals surface area contributed by atoms with E-state index in [2.05, 4.69) is 15.0 Å². The molecule has 1 heterocycles. The Morgan fingerprint density at radius 3 is 3.19 bits per heavy atom. The molecule has 0 atom stereocenters. The molecule has 1 aromatic rings. The number of rotatable bonds is 8. The third kappa shape index (κ3) is 5.47. The maximum atomic E-state index is 10.9. The van der Waals surface area contributed by atoms with Crippen LogP contribution in [0.4, 0.5) is 0 Å². The fourth-order valence-corrected chi connectivity index (χ4v) is 1.05. The lowest BCUT2D eigenvalue weighted by Gasteiger charge is -2.04.